The Morgan fingerprint density at radius 2 is 2.12 bits per heavy atom. The Labute approximate surface area is 138 Å². The lowest BCUT2D eigenvalue weighted by Gasteiger charge is -2.12. The van der Waals surface area contributed by atoms with E-state index >= 15 is 0 Å². The number of rotatable bonds is 4. The minimum Gasteiger partial charge on any atom is -0.497 e. The lowest BCUT2D eigenvalue weighted by atomic mass is 10.1. The SMILES string of the molecule is CCn1cc(C(=O)Nc2ccccn2)c(=O)c2cc(OC)ccc21. The van der Waals surface area contributed by atoms with Gasteiger partial charge in [0.2, 0.25) is 5.43 Å². The molecule has 0 atom stereocenters. The predicted octanol–water partition coefficient (Wildman–Crippen LogP) is 2.68. The highest BCUT2D eigenvalue weighted by Crippen LogP contribution is 2.19. The molecule has 0 saturated heterocycles. The summed E-state index contributed by atoms with van der Waals surface area (Å²) in [7, 11) is 1.54. The number of carbonyl (C=O) groups excluding carboxylic acids is 1. The van der Waals surface area contributed by atoms with Crippen molar-refractivity contribution in [3.05, 3.63) is 64.6 Å². The normalized spacial score (nSPS) is 10.6. The predicted molar refractivity (Wildman–Crippen MR) is 92.6 cm³/mol. The van der Waals surface area contributed by atoms with Crippen LogP contribution in [0.25, 0.3) is 10.9 Å². The van der Waals surface area contributed by atoms with Crippen molar-refractivity contribution < 1.29 is 9.53 Å². The van der Waals surface area contributed by atoms with Crippen molar-refractivity contribution in [2.45, 2.75) is 13.5 Å². The molecule has 3 aromatic rings. The van der Waals surface area contributed by atoms with Gasteiger partial charge in [0.25, 0.3) is 5.91 Å². The highest BCUT2D eigenvalue weighted by Gasteiger charge is 2.16. The summed E-state index contributed by atoms with van der Waals surface area (Å²) < 4.78 is 7.05. The molecule has 1 amide bonds. The fourth-order valence-corrected chi connectivity index (χ4v) is 2.55. The molecule has 0 spiro atoms. The first-order valence-electron chi connectivity index (χ1n) is 7.57. The van der Waals surface area contributed by atoms with E-state index in [0.717, 1.165) is 5.52 Å². The topological polar surface area (TPSA) is 73.2 Å². The molecule has 0 aliphatic rings. The molecule has 0 radical (unpaired) electrons. The molecule has 0 bridgehead atoms. The Morgan fingerprint density at radius 1 is 1.29 bits per heavy atom. The van der Waals surface area contributed by atoms with E-state index in [2.05, 4.69) is 10.3 Å². The fourth-order valence-electron chi connectivity index (χ4n) is 2.55. The Hall–Kier alpha value is -3.15. The van der Waals surface area contributed by atoms with E-state index in [-0.39, 0.29) is 11.0 Å². The number of benzene rings is 1. The van der Waals surface area contributed by atoms with Crippen molar-refractivity contribution >= 4 is 22.6 Å². The second-order valence-electron chi connectivity index (χ2n) is 5.21. The maximum atomic E-state index is 12.7. The van der Waals surface area contributed by atoms with Crippen LogP contribution in [0.2, 0.25) is 0 Å². The van der Waals surface area contributed by atoms with Crippen molar-refractivity contribution in [1.29, 1.82) is 0 Å². The van der Waals surface area contributed by atoms with Gasteiger partial charge in [0.1, 0.15) is 17.1 Å². The van der Waals surface area contributed by atoms with Crippen LogP contribution in [0.3, 0.4) is 0 Å². The van der Waals surface area contributed by atoms with Crippen molar-refractivity contribution in [2.24, 2.45) is 0 Å². The smallest absolute Gasteiger partial charge is 0.262 e. The number of anilines is 1. The van der Waals surface area contributed by atoms with Crippen LogP contribution in [0.15, 0.2) is 53.6 Å². The molecule has 0 fully saturated rings. The van der Waals surface area contributed by atoms with E-state index in [1.165, 1.54) is 7.11 Å². The average molecular weight is 323 g/mol. The summed E-state index contributed by atoms with van der Waals surface area (Å²) in [5.74, 6) is 0.492. The molecule has 24 heavy (non-hydrogen) atoms. The second-order valence-corrected chi connectivity index (χ2v) is 5.21. The quantitative estimate of drug-likeness (QED) is 0.801. The zero-order valence-electron chi connectivity index (χ0n) is 13.4. The molecule has 0 saturated carbocycles. The van der Waals surface area contributed by atoms with Gasteiger partial charge in [-0.2, -0.15) is 0 Å². The number of hydrogen-bond acceptors (Lipinski definition) is 4. The van der Waals surface area contributed by atoms with Gasteiger partial charge in [0, 0.05) is 18.9 Å². The van der Waals surface area contributed by atoms with E-state index in [0.29, 0.717) is 23.5 Å². The lowest BCUT2D eigenvalue weighted by molar-refractivity contribution is 0.102. The Bertz CT molecular complexity index is 949. The molecule has 2 aromatic heterocycles. The van der Waals surface area contributed by atoms with Gasteiger partial charge >= 0.3 is 0 Å². The van der Waals surface area contributed by atoms with Gasteiger partial charge in [0.15, 0.2) is 0 Å². The van der Waals surface area contributed by atoms with Crippen LogP contribution >= 0.6 is 0 Å². The van der Waals surface area contributed by atoms with E-state index in [9.17, 15) is 9.59 Å². The monoisotopic (exact) mass is 323 g/mol. The molecule has 2 heterocycles. The number of nitrogens with one attached hydrogen (secondary N) is 1. The van der Waals surface area contributed by atoms with Crippen LogP contribution in [0, 0.1) is 0 Å². The molecule has 0 aliphatic carbocycles. The van der Waals surface area contributed by atoms with Crippen molar-refractivity contribution in [3.63, 3.8) is 0 Å². The van der Waals surface area contributed by atoms with Gasteiger partial charge < -0.3 is 14.6 Å². The minimum atomic E-state index is -0.481. The molecular formula is C18H17N3O3. The standard InChI is InChI=1S/C18H17N3O3/c1-3-21-11-14(18(23)20-16-6-4-5-9-19-16)17(22)13-10-12(24-2)7-8-15(13)21/h4-11H,3H2,1-2H3,(H,19,20,23). The molecule has 1 aromatic carbocycles. The number of pyridine rings is 2. The zero-order valence-corrected chi connectivity index (χ0v) is 13.4. The molecule has 3 rings (SSSR count). The third kappa shape index (κ3) is 2.86. The lowest BCUT2D eigenvalue weighted by Crippen LogP contribution is -2.24. The molecule has 6 nitrogen and oxygen atoms in total. The molecule has 122 valence electrons. The molecule has 0 aliphatic heterocycles. The number of amides is 1. The van der Waals surface area contributed by atoms with E-state index in [1.807, 2.05) is 17.6 Å². The Kier molecular flexibility index (Phi) is 4.29. The number of hydrogen-bond donors (Lipinski definition) is 1. The summed E-state index contributed by atoms with van der Waals surface area (Å²) in [5.41, 5.74) is 0.503. The summed E-state index contributed by atoms with van der Waals surface area (Å²) in [6.07, 6.45) is 3.15. The van der Waals surface area contributed by atoms with E-state index in [4.69, 9.17) is 4.74 Å². The first-order valence-corrected chi connectivity index (χ1v) is 7.57. The van der Waals surface area contributed by atoms with Crippen LogP contribution in [-0.4, -0.2) is 22.6 Å². The summed E-state index contributed by atoms with van der Waals surface area (Å²) >= 11 is 0. The zero-order chi connectivity index (χ0) is 17.1. The summed E-state index contributed by atoms with van der Waals surface area (Å²) in [5, 5.41) is 3.10. The maximum absolute atomic E-state index is 12.7. The second kappa shape index (κ2) is 6.54. The molecule has 1 N–H and O–H groups in total. The van der Waals surface area contributed by atoms with E-state index in [1.54, 1.807) is 42.7 Å². The van der Waals surface area contributed by atoms with Gasteiger partial charge in [-0.25, -0.2) is 4.98 Å². The van der Waals surface area contributed by atoms with Crippen LogP contribution in [0.4, 0.5) is 5.82 Å². The number of ether oxygens (including phenoxy) is 1. The van der Waals surface area contributed by atoms with Gasteiger partial charge in [-0.15, -0.1) is 0 Å². The van der Waals surface area contributed by atoms with Crippen molar-refractivity contribution in [3.8, 4) is 5.75 Å². The number of aryl methyl sites for hydroxylation is 1. The Balaban J connectivity index is 2.12. The largest absolute Gasteiger partial charge is 0.497 e. The van der Waals surface area contributed by atoms with Crippen LogP contribution in [-0.2, 0) is 6.54 Å². The highest BCUT2D eigenvalue weighted by atomic mass is 16.5. The molecule has 0 unspecified atom stereocenters. The fraction of sp³-hybridized carbons (Fsp3) is 0.167. The van der Waals surface area contributed by atoms with Gasteiger partial charge in [-0.05, 0) is 37.3 Å². The number of fused-ring (bicyclic) bond motifs is 1. The summed E-state index contributed by atoms with van der Waals surface area (Å²) in [6.45, 7) is 2.58. The van der Waals surface area contributed by atoms with Gasteiger partial charge in [-0.3, -0.25) is 9.59 Å². The van der Waals surface area contributed by atoms with Crippen molar-refractivity contribution in [1.82, 2.24) is 9.55 Å². The van der Waals surface area contributed by atoms with Crippen molar-refractivity contribution in [2.75, 3.05) is 12.4 Å². The molecule has 6 heteroatoms. The highest BCUT2D eigenvalue weighted by molar-refractivity contribution is 6.05. The third-order valence-electron chi connectivity index (χ3n) is 3.78. The third-order valence-corrected chi connectivity index (χ3v) is 3.78. The number of aromatic nitrogens is 2. The van der Waals surface area contributed by atoms with Crippen LogP contribution < -0.4 is 15.5 Å². The number of methoxy groups -OCH3 is 1. The number of nitrogens with zero attached hydrogens (tertiary/aromatic N) is 2. The first kappa shape index (κ1) is 15.7. The summed E-state index contributed by atoms with van der Waals surface area (Å²) in [6, 6.07) is 10.4. The van der Waals surface area contributed by atoms with E-state index < -0.39 is 5.91 Å². The number of carbonyl (C=O) groups is 1. The first-order chi connectivity index (χ1) is 11.6. The van der Waals surface area contributed by atoms with Crippen LogP contribution in [0.1, 0.15) is 17.3 Å². The minimum absolute atomic E-state index is 0.0725. The summed E-state index contributed by atoms with van der Waals surface area (Å²) in [4.78, 5) is 29.3. The van der Waals surface area contributed by atoms with Gasteiger partial charge in [0.05, 0.1) is 18.0 Å². The van der Waals surface area contributed by atoms with Gasteiger partial charge in [-0.1, -0.05) is 6.07 Å². The van der Waals surface area contributed by atoms with Crippen LogP contribution in [0.5, 0.6) is 5.75 Å². The molecular weight excluding hydrogens is 306 g/mol. The maximum Gasteiger partial charge on any atom is 0.262 e. The average Bonchev–Trinajstić information content (AvgIpc) is 2.62. The Morgan fingerprint density at radius 3 is 2.79 bits per heavy atom.